The summed E-state index contributed by atoms with van der Waals surface area (Å²) in [4.78, 5) is 26.3. The van der Waals surface area contributed by atoms with Gasteiger partial charge < -0.3 is 10.2 Å². The average molecular weight is 388 g/mol. The van der Waals surface area contributed by atoms with Crippen molar-refractivity contribution in [2.45, 2.75) is 31.8 Å². The zero-order valence-corrected chi connectivity index (χ0v) is 16.4. The first-order chi connectivity index (χ1) is 14.1. The third kappa shape index (κ3) is 4.90. The van der Waals surface area contributed by atoms with E-state index in [-0.39, 0.29) is 11.8 Å². The SMILES string of the molecule is CN(Cc1ccc(C(=O)NC2CC2)cc1)C(=O)Cc1ccc(-n2cccn2)cc1. The van der Waals surface area contributed by atoms with Crippen LogP contribution in [0.5, 0.6) is 0 Å². The summed E-state index contributed by atoms with van der Waals surface area (Å²) in [6.07, 6.45) is 6.11. The summed E-state index contributed by atoms with van der Waals surface area (Å²) >= 11 is 0. The predicted molar refractivity (Wildman–Crippen MR) is 111 cm³/mol. The lowest BCUT2D eigenvalue weighted by Crippen LogP contribution is -2.28. The van der Waals surface area contributed by atoms with Gasteiger partial charge in [-0.3, -0.25) is 9.59 Å². The maximum Gasteiger partial charge on any atom is 0.251 e. The van der Waals surface area contributed by atoms with E-state index < -0.39 is 0 Å². The first kappa shape index (κ1) is 18.9. The van der Waals surface area contributed by atoms with Crippen molar-refractivity contribution in [2.75, 3.05) is 7.05 Å². The van der Waals surface area contributed by atoms with E-state index in [4.69, 9.17) is 0 Å². The lowest BCUT2D eigenvalue weighted by molar-refractivity contribution is -0.129. The highest BCUT2D eigenvalue weighted by atomic mass is 16.2. The van der Waals surface area contributed by atoms with Crippen LogP contribution < -0.4 is 5.32 Å². The summed E-state index contributed by atoms with van der Waals surface area (Å²) in [5, 5.41) is 7.18. The van der Waals surface area contributed by atoms with Crippen LogP contribution in [0, 0.1) is 0 Å². The largest absolute Gasteiger partial charge is 0.349 e. The number of amides is 2. The highest BCUT2D eigenvalue weighted by Crippen LogP contribution is 2.19. The lowest BCUT2D eigenvalue weighted by Gasteiger charge is -2.18. The standard InChI is InChI=1S/C23H24N4O2/c1-26(16-18-3-7-19(8-4-18)23(29)25-20-9-10-20)22(28)15-17-5-11-21(12-6-17)27-14-2-13-24-27/h2-8,11-14,20H,9-10,15-16H2,1H3,(H,25,29). The summed E-state index contributed by atoms with van der Waals surface area (Å²) in [6.45, 7) is 0.509. The van der Waals surface area contributed by atoms with Crippen LogP contribution >= 0.6 is 0 Å². The minimum atomic E-state index is -0.0259. The van der Waals surface area contributed by atoms with Gasteiger partial charge in [0.2, 0.25) is 5.91 Å². The van der Waals surface area contributed by atoms with Crippen LogP contribution in [0.2, 0.25) is 0 Å². The first-order valence-electron chi connectivity index (χ1n) is 9.81. The molecular weight excluding hydrogens is 364 g/mol. The fourth-order valence-electron chi connectivity index (χ4n) is 3.12. The Morgan fingerprint density at radius 1 is 1.07 bits per heavy atom. The molecule has 3 aromatic rings. The monoisotopic (exact) mass is 388 g/mol. The van der Waals surface area contributed by atoms with Crippen molar-refractivity contribution in [3.63, 3.8) is 0 Å². The average Bonchev–Trinajstić information content (AvgIpc) is 3.37. The topological polar surface area (TPSA) is 67.2 Å². The Balaban J connectivity index is 1.31. The molecule has 0 unspecified atom stereocenters. The van der Waals surface area contributed by atoms with Gasteiger partial charge in [-0.05, 0) is 54.3 Å². The molecule has 148 valence electrons. The molecule has 6 nitrogen and oxygen atoms in total. The number of carbonyl (C=O) groups is 2. The molecule has 1 N–H and O–H groups in total. The van der Waals surface area contributed by atoms with E-state index in [1.54, 1.807) is 22.8 Å². The van der Waals surface area contributed by atoms with Gasteiger partial charge in [-0.1, -0.05) is 24.3 Å². The molecule has 0 radical (unpaired) electrons. The van der Waals surface area contributed by atoms with Crippen molar-refractivity contribution in [1.82, 2.24) is 20.0 Å². The van der Waals surface area contributed by atoms with E-state index in [2.05, 4.69) is 10.4 Å². The summed E-state index contributed by atoms with van der Waals surface area (Å²) in [6, 6.07) is 17.5. The number of benzene rings is 2. The van der Waals surface area contributed by atoms with E-state index in [1.807, 2.05) is 60.8 Å². The Morgan fingerprint density at radius 3 is 2.38 bits per heavy atom. The van der Waals surface area contributed by atoms with Gasteiger partial charge in [-0.15, -0.1) is 0 Å². The molecule has 2 amide bonds. The van der Waals surface area contributed by atoms with Gasteiger partial charge in [0, 0.05) is 37.6 Å². The van der Waals surface area contributed by atoms with Crippen molar-refractivity contribution in [3.8, 4) is 5.69 Å². The summed E-state index contributed by atoms with van der Waals surface area (Å²) in [5.74, 6) is 0.0226. The molecule has 0 aliphatic heterocycles. The number of rotatable bonds is 7. The number of likely N-dealkylation sites (N-methyl/N-ethyl adjacent to an activating group) is 1. The summed E-state index contributed by atoms with van der Waals surface area (Å²) in [5.41, 5.74) is 3.58. The molecule has 0 atom stereocenters. The van der Waals surface area contributed by atoms with Crippen LogP contribution in [0.25, 0.3) is 5.69 Å². The predicted octanol–water partition coefficient (Wildman–Crippen LogP) is 2.97. The van der Waals surface area contributed by atoms with Crippen LogP contribution in [-0.4, -0.2) is 39.6 Å². The molecule has 1 aromatic heterocycles. The Hall–Kier alpha value is -3.41. The Morgan fingerprint density at radius 2 is 1.76 bits per heavy atom. The number of hydrogen-bond donors (Lipinski definition) is 1. The Bertz CT molecular complexity index is 975. The van der Waals surface area contributed by atoms with E-state index in [9.17, 15) is 9.59 Å². The molecule has 1 aliphatic rings. The molecule has 4 rings (SSSR count). The molecule has 1 fully saturated rings. The molecule has 0 saturated heterocycles. The maximum absolute atomic E-state index is 12.6. The van der Waals surface area contributed by atoms with Crippen LogP contribution in [0.1, 0.15) is 34.3 Å². The Kier molecular flexibility index (Phi) is 5.42. The van der Waals surface area contributed by atoms with Gasteiger partial charge in [-0.25, -0.2) is 4.68 Å². The molecule has 1 saturated carbocycles. The minimum Gasteiger partial charge on any atom is -0.349 e. The molecule has 6 heteroatoms. The smallest absolute Gasteiger partial charge is 0.251 e. The second-order valence-electron chi connectivity index (χ2n) is 7.49. The summed E-state index contributed by atoms with van der Waals surface area (Å²) < 4.78 is 1.78. The molecule has 0 bridgehead atoms. The number of hydrogen-bond acceptors (Lipinski definition) is 3. The normalized spacial score (nSPS) is 13.1. The van der Waals surface area contributed by atoms with Gasteiger partial charge in [0.15, 0.2) is 0 Å². The van der Waals surface area contributed by atoms with Crippen molar-refractivity contribution in [3.05, 3.63) is 83.7 Å². The van der Waals surface area contributed by atoms with Gasteiger partial charge in [-0.2, -0.15) is 5.10 Å². The molecule has 29 heavy (non-hydrogen) atoms. The highest BCUT2D eigenvalue weighted by Gasteiger charge is 2.23. The van der Waals surface area contributed by atoms with Crippen molar-refractivity contribution in [2.24, 2.45) is 0 Å². The van der Waals surface area contributed by atoms with Gasteiger partial charge >= 0.3 is 0 Å². The minimum absolute atomic E-state index is 0.0259. The van der Waals surface area contributed by atoms with E-state index in [1.165, 1.54) is 0 Å². The zero-order valence-electron chi connectivity index (χ0n) is 16.4. The van der Waals surface area contributed by atoms with E-state index in [0.717, 1.165) is 29.7 Å². The lowest BCUT2D eigenvalue weighted by atomic mass is 10.1. The van der Waals surface area contributed by atoms with Gasteiger partial charge in [0.05, 0.1) is 12.1 Å². The number of nitrogens with one attached hydrogen (secondary N) is 1. The summed E-state index contributed by atoms with van der Waals surface area (Å²) in [7, 11) is 1.80. The van der Waals surface area contributed by atoms with Gasteiger partial charge in [0.25, 0.3) is 5.91 Å². The molecule has 2 aromatic carbocycles. The molecule has 1 aliphatic carbocycles. The number of aromatic nitrogens is 2. The molecule has 1 heterocycles. The fourth-order valence-corrected chi connectivity index (χ4v) is 3.12. The van der Waals surface area contributed by atoms with Crippen molar-refractivity contribution < 1.29 is 9.59 Å². The molecular formula is C23H24N4O2. The highest BCUT2D eigenvalue weighted by molar-refractivity contribution is 5.94. The molecule has 0 spiro atoms. The van der Waals surface area contributed by atoms with Crippen molar-refractivity contribution in [1.29, 1.82) is 0 Å². The number of nitrogens with zero attached hydrogens (tertiary/aromatic N) is 3. The first-order valence-corrected chi connectivity index (χ1v) is 9.81. The van der Waals surface area contributed by atoms with Gasteiger partial charge in [0.1, 0.15) is 0 Å². The van der Waals surface area contributed by atoms with Crippen molar-refractivity contribution >= 4 is 11.8 Å². The van der Waals surface area contributed by atoms with E-state index >= 15 is 0 Å². The van der Waals surface area contributed by atoms with Crippen LogP contribution in [0.15, 0.2) is 67.0 Å². The second-order valence-corrected chi connectivity index (χ2v) is 7.49. The second kappa shape index (κ2) is 8.31. The third-order valence-corrected chi connectivity index (χ3v) is 5.03. The van der Waals surface area contributed by atoms with Crippen LogP contribution in [-0.2, 0) is 17.8 Å². The van der Waals surface area contributed by atoms with E-state index in [0.29, 0.717) is 24.6 Å². The maximum atomic E-state index is 12.6. The third-order valence-electron chi connectivity index (χ3n) is 5.03. The number of carbonyl (C=O) groups excluding carboxylic acids is 2. The zero-order chi connectivity index (χ0) is 20.2. The Labute approximate surface area is 170 Å². The van der Waals surface area contributed by atoms with Crippen LogP contribution in [0.3, 0.4) is 0 Å². The quantitative estimate of drug-likeness (QED) is 0.677. The van der Waals surface area contributed by atoms with Crippen LogP contribution in [0.4, 0.5) is 0 Å². The fraction of sp³-hybridized carbons (Fsp3) is 0.261.